The molecule has 0 bridgehead atoms. The SMILES string of the molecule is CNC(=O)c1c(-c2ccc(F)cc2)oc2cc(N(C)S(C)(=O)=O)c(-c3cc4c(cn3)ncn3c5cccc(F)c5cc43)cc12.CNC(=O)c1c(-c2ccc(F)cc2)oc2cc(N(C)S(C)(=O)=O)c(B3OC(C)(C)C(C)(C)O3)cc12.Fc1cccc2c1cc1c3cc(Cl)ncc3ncn21. The van der Waals surface area contributed by atoms with Crippen LogP contribution in [-0.2, 0) is 29.4 Å². The molecular weight excluding hydrogens is 1330 g/mol. The van der Waals surface area contributed by atoms with Gasteiger partial charge in [0.05, 0.1) is 97.4 Å². The van der Waals surface area contributed by atoms with Gasteiger partial charge in [0, 0.05) is 94.8 Å². The number of anilines is 2. The van der Waals surface area contributed by atoms with E-state index in [2.05, 4.69) is 30.6 Å². The molecule has 1 aliphatic heterocycles. The average Bonchev–Trinajstić information content (AvgIpc) is 1.61. The molecule has 0 atom stereocenters. The minimum atomic E-state index is -3.75. The first-order chi connectivity index (χ1) is 46.4. The van der Waals surface area contributed by atoms with Crippen LogP contribution in [0.3, 0.4) is 0 Å². The molecule has 498 valence electrons. The lowest BCUT2D eigenvalue weighted by molar-refractivity contribution is 0.00578. The number of pyridine rings is 2. The molecule has 0 radical (unpaired) electrons. The summed E-state index contributed by atoms with van der Waals surface area (Å²) in [4.78, 5) is 43.6. The summed E-state index contributed by atoms with van der Waals surface area (Å²) in [7, 11) is -2.49. The van der Waals surface area contributed by atoms with E-state index < -0.39 is 61.8 Å². The number of carbonyl (C=O) groups excluding carboxylic acids is 2. The monoisotopic (exact) mass is 1380 g/mol. The lowest BCUT2D eigenvalue weighted by atomic mass is 9.77. The number of amides is 2. The van der Waals surface area contributed by atoms with Crippen molar-refractivity contribution in [3.05, 3.63) is 198 Å². The molecule has 2 N–H and O–H groups in total. The molecule has 14 aromatic rings. The standard InChI is InChI=1S/C32H23F2N5O4S.C24H28BFN2O6S.C14H7ClFN3/c1-35-32(40)30-22-11-20(27(38(2)44(3,41)42)14-29(22)43-31(30)17-7-9-18(33)10-8-17)24-12-21-25(15-36-24)37-16-39-26-6-4-5-23(34)19(26)13-28(21)39;1-23(2)24(3,4)34-25(33-23)17-12-16-19(13-18(17)28(6)35(7,30)31)32-21(20(16)22(29)27-5)14-8-10-15(26)11-9-14;15-14-5-9-11(6-17-14)18-7-19-12-3-1-2-10(16)8(12)4-13(9)19/h4-16H,1-3H3,(H,35,40);8-13H,1-7H3,(H,27,29);1-7H. The normalized spacial score (nSPS) is 13.8. The summed E-state index contributed by atoms with van der Waals surface area (Å²) in [6.45, 7) is 7.58. The molecule has 20 nitrogen and oxygen atoms in total. The Bertz CT molecular complexity index is 5860. The first kappa shape index (κ1) is 66.2. The second-order valence-corrected chi connectivity index (χ2v) is 28.8. The molecule has 6 aromatic carbocycles. The number of nitrogens with one attached hydrogen (secondary N) is 2. The Morgan fingerprint density at radius 2 is 0.969 bits per heavy atom. The first-order valence-corrected chi connectivity index (χ1v) is 34.3. The Morgan fingerprint density at radius 1 is 0.531 bits per heavy atom. The molecule has 9 heterocycles. The molecule has 0 unspecified atom stereocenters. The number of sulfonamides is 2. The van der Waals surface area contributed by atoms with Crippen LogP contribution < -0.4 is 24.7 Å². The summed E-state index contributed by atoms with van der Waals surface area (Å²) in [6, 6.07) is 34.4. The van der Waals surface area contributed by atoms with E-state index in [9.17, 15) is 44.0 Å². The van der Waals surface area contributed by atoms with Gasteiger partial charge in [-0.1, -0.05) is 23.7 Å². The van der Waals surface area contributed by atoms with Crippen LogP contribution in [0.25, 0.3) is 110 Å². The molecule has 0 spiro atoms. The number of aromatic nitrogens is 6. The molecule has 8 aromatic heterocycles. The highest BCUT2D eigenvalue weighted by Crippen LogP contribution is 2.44. The third kappa shape index (κ3) is 11.7. The largest absolute Gasteiger partial charge is 0.497 e. The van der Waals surface area contributed by atoms with E-state index in [1.165, 1.54) is 94.9 Å². The van der Waals surface area contributed by atoms with E-state index in [1.54, 1.807) is 84.0 Å². The summed E-state index contributed by atoms with van der Waals surface area (Å²) in [6.07, 6.45) is 8.62. The van der Waals surface area contributed by atoms with Crippen LogP contribution in [0.4, 0.5) is 28.9 Å². The third-order valence-electron chi connectivity index (χ3n) is 17.8. The van der Waals surface area contributed by atoms with Gasteiger partial charge in [-0.2, -0.15) is 0 Å². The molecule has 28 heteroatoms. The van der Waals surface area contributed by atoms with Gasteiger partial charge in [-0.3, -0.25) is 32.0 Å². The second kappa shape index (κ2) is 24.6. The number of fused-ring (bicyclic) bond motifs is 12. The van der Waals surface area contributed by atoms with Crippen LogP contribution in [0, 0.1) is 23.3 Å². The summed E-state index contributed by atoms with van der Waals surface area (Å²) in [5.41, 5.74) is 6.62. The Balaban J connectivity index is 0.000000142. The molecule has 1 saturated heterocycles. The second-order valence-electron chi connectivity index (χ2n) is 24.4. The van der Waals surface area contributed by atoms with Crippen LogP contribution >= 0.6 is 11.6 Å². The van der Waals surface area contributed by atoms with Crippen LogP contribution in [-0.4, -0.2) is 116 Å². The number of nitrogens with zero attached hydrogens (tertiary/aromatic N) is 8. The van der Waals surface area contributed by atoms with Gasteiger partial charge in [-0.25, -0.2) is 49.3 Å². The quantitative estimate of drug-likeness (QED) is 0.0736. The minimum Gasteiger partial charge on any atom is -0.455 e. The van der Waals surface area contributed by atoms with E-state index in [-0.39, 0.29) is 51.1 Å². The molecular formula is C70H58BClF4N10O10S2. The van der Waals surface area contributed by atoms with Crippen molar-refractivity contribution in [2.45, 2.75) is 38.9 Å². The molecule has 2 amide bonds. The van der Waals surface area contributed by atoms with Crippen molar-refractivity contribution < 1.29 is 62.1 Å². The van der Waals surface area contributed by atoms with Crippen LogP contribution in [0.2, 0.25) is 5.15 Å². The lowest BCUT2D eigenvalue weighted by Crippen LogP contribution is -2.41. The van der Waals surface area contributed by atoms with Crippen molar-refractivity contribution in [2.75, 3.05) is 49.3 Å². The molecule has 0 saturated carbocycles. The van der Waals surface area contributed by atoms with Crippen molar-refractivity contribution in [2.24, 2.45) is 0 Å². The van der Waals surface area contributed by atoms with Gasteiger partial charge in [-0.15, -0.1) is 0 Å². The van der Waals surface area contributed by atoms with Crippen LogP contribution in [0.15, 0.2) is 167 Å². The topological polar surface area (TPSA) is 238 Å². The zero-order valence-corrected chi connectivity index (χ0v) is 56.3. The maximum absolute atomic E-state index is 14.7. The van der Waals surface area contributed by atoms with Gasteiger partial charge in [0.2, 0.25) is 20.0 Å². The zero-order chi connectivity index (χ0) is 69.8. The predicted molar refractivity (Wildman–Crippen MR) is 372 cm³/mol. The van der Waals surface area contributed by atoms with E-state index in [0.717, 1.165) is 43.1 Å². The zero-order valence-electron chi connectivity index (χ0n) is 54.0. The number of hydrogen-bond donors (Lipinski definition) is 2. The summed E-state index contributed by atoms with van der Waals surface area (Å²) < 4.78 is 137. The lowest BCUT2D eigenvalue weighted by Gasteiger charge is -2.32. The van der Waals surface area contributed by atoms with Crippen LogP contribution in [0.1, 0.15) is 48.4 Å². The highest BCUT2D eigenvalue weighted by molar-refractivity contribution is 7.92. The van der Waals surface area contributed by atoms with Crippen molar-refractivity contribution in [1.29, 1.82) is 0 Å². The Labute approximate surface area is 562 Å². The number of benzene rings is 6. The highest BCUT2D eigenvalue weighted by Gasteiger charge is 2.53. The van der Waals surface area contributed by atoms with Gasteiger partial charge in [-0.05, 0) is 137 Å². The number of furan rings is 2. The fourth-order valence-corrected chi connectivity index (χ4v) is 13.0. The highest BCUT2D eigenvalue weighted by atomic mass is 35.5. The van der Waals surface area contributed by atoms with Crippen molar-refractivity contribution in [3.8, 4) is 33.9 Å². The maximum atomic E-state index is 14.7. The smallest absolute Gasteiger partial charge is 0.455 e. The van der Waals surface area contributed by atoms with Gasteiger partial charge in [0.1, 0.15) is 63.8 Å². The molecule has 1 aliphatic rings. The van der Waals surface area contributed by atoms with Gasteiger partial charge >= 0.3 is 7.12 Å². The van der Waals surface area contributed by atoms with Gasteiger partial charge in [0.15, 0.2) is 0 Å². The number of carbonyl (C=O) groups is 2. The van der Waals surface area contributed by atoms with E-state index in [1.807, 2.05) is 44.2 Å². The number of hydrogen-bond acceptors (Lipinski definition) is 14. The average molecular weight is 1390 g/mol. The van der Waals surface area contributed by atoms with Crippen molar-refractivity contribution in [3.63, 3.8) is 0 Å². The third-order valence-corrected chi connectivity index (χ3v) is 20.4. The fraction of sp³-hybridized carbons (Fsp3) is 0.171. The van der Waals surface area contributed by atoms with Gasteiger partial charge < -0.3 is 28.8 Å². The molecule has 98 heavy (non-hydrogen) atoms. The molecule has 15 rings (SSSR count). The number of rotatable bonds is 10. The van der Waals surface area contributed by atoms with E-state index in [4.69, 9.17) is 29.7 Å². The van der Waals surface area contributed by atoms with Crippen molar-refractivity contribution >= 4 is 144 Å². The first-order valence-electron chi connectivity index (χ1n) is 30.2. The fourth-order valence-electron chi connectivity index (χ4n) is 11.8. The predicted octanol–water partition coefficient (Wildman–Crippen LogP) is 13.3. The molecule has 0 aliphatic carbocycles. The summed E-state index contributed by atoms with van der Waals surface area (Å²) in [5.74, 6) is -1.90. The van der Waals surface area contributed by atoms with E-state index >= 15 is 0 Å². The summed E-state index contributed by atoms with van der Waals surface area (Å²) >= 11 is 5.93. The summed E-state index contributed by atoms with van der Waals surface area (Å²) in [5, 5.41) is 9.01. The number of halogens is 5. The van der Waals surface area contributed by atoms with E-state index in [0.29, 0.717) is 82.2 Å². The van der Waals surface area contributed by atoms with Crippen LogP contribution in [0.5, 0.6) is 0 Å². The Morgan fingerprint density at radius 3 is 1.44 bits per heavy atom. The Kier molecular flexibility index (Phi) is 16.6. The Hall–Kier alpha value is -10.4. The minimum absolute atomic E-state index is 0.196. The van der Waals surface area contributed by atoms with Gasteiger partial charge in [0.25, 0.3) is 11.8 Å². The van der Waals surface area contributed by atoms with Crippen molar-refractivity contribution in [1.82, 2.24) is 39.4 Å². The molecule has 1 fully saturated rings. The maximum Gasteiger partial charge on any atom is 0.497 e.